The van der Waals surface area contributed by atoms with Crippen LogP contribution in [0, 0.1) is 5.92 Å². The molecule has 3 N–H and O–H groups in total. The first-order valence-electron chi connectivity index (χ1n) is 6.25. The van der Waals surface area contributed by atoms with Crippen LogP contribution in [0.5, 0.6) is 0 Å². The molecular formula is C13H19N3O2. The van der Waals surface area contributed by atoms with Crippen molar-refractivity contribution in [3.63, 3.8) is 0 Å². The molecule has 0 aliphatic carbocycles. The van der Waals surface area contributed by atoms with Crippen LogP contribution in [0.4, 0.5) is 5.82 Å². The summed E-state index contributed by atoms with van der Waals surface area (Å²) in [5.74, 6) is -0.0657. The van der Waals surface area contributed by atoms with Gasteiger partial charge in [-0.05, 0) is 43.0 Å². The van der Waals surface area contributed by atoms with Crippen LogP contribution in [0.15, 0.2) is 18.3 Å². The number of piperidine rings is 1. The van der Waals surface area contributed by atoms with Crippen molar-refractivity contribution in [2.75, 3.05) is 12.3 Å². The molecule has 1 aliphatic heterocycles. The first-order valence-corrected chi connectivity index (χ1v) is 6.25. The van der Waals surface area contributed by atoms with Gasteiger partial charge in [0.25, 0.3) is 0 Å². The smallest absolute Gasteiger partial charge is 0.321 e. The highest BCUT2D eigenvalue weighted by atomic mass is 16.4. The molecule has 1 saturated heterocycles. The number of likely N-dealkylation sites (tertiary alicyclic amines) is 1. The van der Waals surface area contributed by atoms with Crippen molar-refractivity contribution in [2.45, 2.75) is 32.4 Å². The van der Waals surface area contributed by atoms with E-state index < -0.39 is 12.0 Å². The van der Waals surface area contributed by atoms with Gasteiger partial charge in [-0.2, -0.15) is 0 Å². The molecule has 2 atom stereocenters. The van der Waals surface area contributed by atoms with Gasteiger partial charge in [-0.1, -0.05) is 6.92 Å². The number of anilines is 1. The minimum atomic E-state index is -0.732. The molecule has 0 radical (unpaired) electrons. The van der Waals surface area contributed by atoms with E-state index in [9.17, 15) is 9.90 Å². The van der Waals surface area contributed by atoms with E-state index in [-0.39, 0.29) is 5.92 Å². The molecule has 18 heavy (non-hydrogen) atoms. The average molecular weight is 249 g/mol. The summed E-state index contributed by atoms with van der Waals surface area (Å²) in [6.45, 7) is 3.45. The predicted octanol–water partition coefficient (Wildman–Crippen LogP) is 1.35. The van der Waals surface area contributed by atoms with Crippen LogP contribution in [0.3, 0.4) is 0 Å². The van der Waals surface area contributed by atoms with Gasteiger partial charge in [-0.3, -0.25) is 9.69 Å². The zero-order valence-electron chi connectivity index (χ0n) is 10.5. The van der Waals surface area contributed by atoms with Crippen molar-refractivity contribution in [1.82, 2.24) is 9.88 Å². The first-order chi connectivity index (χ1) is 8.58. The van der Waals surface area contributed by atoms with Gasteiger partial charge < -0.3 is 10.8 Å². The summed E-state index contributed by atoms with van der Waals surface area (Å²) in [6, 6.07) is 3.29. The SMILES string of the molecule is CC1CCCN(Cc2ccnc(N)c2)C1C(=O)O. The molecular weight excluding hydrogens is 230 g/mol. The third-order valence-electron chi connectivity index (χ3n) is 3.52. The molecule has 0 amide bonds. The number of aliphatic carboxylic acids is 1. The second kappa shape index (κ2) is 5.35. The molecule has 1 fully saturated rings. The fourth-order valence-corrected chi connectivity index (χ4v) is 2.68. The Hall–Kier alpha value is -1.62. The third-order valence-corrected chi connectivity index (χ3v) is 3.52. The molecule has 0 saturated carbocycles. The molecule has 5 nitrogen and oxygen atoms in total. The number of carboxylic acids is 1. The van der Waals surface area contributed by atoms with E-state index in [0.29, 0.717) is 12.4 Å². The summed E-state index contributed by atoms with van der Waals surface area (Å²) in [5, 5.41) is 9.33. The summed E-state index contributed by atoms with van der Waals surface area (Å²) < 4.78 is 0. The van der Waals surface area contributed by atoms with E-state index in [1.165, 1.54) is 0 Å². The number of rotatable bonds is 3. The highest BCUT2D eigenvalue weighted by Gasteiger charge is 2.33. The van der Waals surface area contributed by atoms with E-state index in [0.717, 1.165) is 24.9 Å². The highest BCUT2D eigenvalue weighted by Crippen LogP contribution is 2.25. The summed E-state index contributed by atoms with van der Waals surface area (Å²) in [6.07, 6.45) is 3.69. The van der Waals surface area contributed by atoms with E-state index in [2.05, 4.69) is 4.98 Å². The number of nitrogens with zero attached hydrogens (tertiary/aromatic N) is 2. The zero-order chi connectivity index (χ0) is 13.1. The fourth-order valence-electron chi connectivity index (χ4n) is 2.68. The standard InChI is InChI=1S/C13H19N3O2/c1-9-3-2-6-16(12(9)13(17)18)8-10-4-5-15-11(14)7-10/h4-5,7,9,12H,2-3,6,8H2,1H3,(H2,14,15)(H,17,18). The lowest BCUT2D eigenvalue weighted by molar-refractivity contribution is -0.147. The van der Waals surface area contributed by atoms with Crippen molar-refractivity contribution in [1.29, 1.82) is 0 Å². The van der Waals surface area contributed by atoms with Gasteiger partial charge in [0, 0.05) is 12.7 Å². The molecule has 1 aromatic heterocycles. The Bertz CT molecular complexity index is 436. The number of hydrogen-bond donors (Lipinski definition) is 2. The number of carbonyl (C=O) groups is 1. The van der Waals surface area contributed by atoms with Crippen LogP contribution in [0.1, 0.15) is 25.3 Å². The number of aromatic nitrogens is 1. The molecule has 1 aliphatic rings. The van der Waals surface area contributed by atoms with Gasteiger partial charge in [0.05, 0.1) is 0 Å². The summed E-state index contributed by atoms with van der Waals surface area (Å²) in [4.78, 5) is 17.3. The lowest BCUT2D eigenvalue weighted by Gasteiger charge is -2.37. The lowest BCUT2D eigenvalue weighted by atomic mass is 9.90. The Kier molecular flexibility index (Phi) is 3.81. The Morgan fingerprint density at radius 3 is 3.11 bits per heavy atom. The van der Waals surface area contributed by atoms with Crippen LogP contribution in [0.2, 0.25) is 0 Å². The van der Waals surface area contributed by atoms with Crippen LogP contribution in [-0.2, 0) is 11.3 Å². The minimum absolute atomic E-state index is 0.190. The Morgan fingerprint density at radius 1 is 1.67 bits per heavy atom. The molecule has 2 rings (SSSR count). The second-order valence-electron chi connectivity index (χ2n) is 4.96. The maximum absolute atomic E-state index is 11.4. The predicted molar refractivity (Wildman–Crippen MR) is 68.9 cm³/mol. The van der Waals surface area contributed by atoms with E-state index in [1.807, 2.05) is 17.9 Å². The van der Waals surface area contributed by atoms with Crippen molar-refractivity contribution in [2.24, 2.45) is 5.92 Å². The van der Waals surface area contributed by atoms with Crippen molar-refractivity contribution in [3.05, 3.63) is 23.9 Å². The monoisotopic (exact) mass is 249 g/mol. The lowest BCUT2D eigenvalue weighted by Crippen LogP contribution is -2.48. The highest BCUT2D eigenvalue weighted by molar-refractivity contribution is 5.74. The summed E-state index contributed by atoms with van der Waals surface area (Å²) in [5.41, 5.74) is 6.66. The van der Waals surface area contributed by atoms with Gasteiger partial charge >= 0.3 is 5.97 Å². The van der Waals surface area contributed by atoms with Crippen LogP contribution < -0.4 is 5.73 Å². The molecule has 2 unspecified atom stereocenters. The first kappa shape index (κ1) is 12.8. The molecule has 5 heteroatoms. The zero-order valence-corrected chi connectivity index (χ0v) is 10.5. The minimum Gasteiger partial charge on any atom is -0.480 e. The van der Waals surface area contributed by atoms with Crippen LogP contribution in [0.25, 0.3) is 0 Å². The van der Waals surface area contributed by atoms with E-state index >= 15 is 0 Å². The maximum atomic E-state index is 11.4. The fraction of sp³-hybridized carbons (Fsp3) is 0.538. The molecule has 1 aromatic rings. The molecule has 2 heterocycles. The molecule has 0 aromatic carbocycles. The average Bonchev–Trinajstić information content (AvgIpc) is 2.28. The second-order valence-corrected chi connectivity index (χ2v) is 4.96. The quantitative estimate of drug-likeness (QED) is 0.845. The summed E-state index contributed by atoms with van der Waals surface area (Å²) >= 11 is 0. The Morgan fingerprint density at radius 2 is 2.44 bits per heavy atom. The normalized spacial score (nSPS) is 24.9. The van der Waals surface area contributed by atoms with Gasteiger partial charge in [-0.25, -0.2) is 4.98 Å². The van der Waals surface area contributed by atoms with Gasteiger partial charge in [0.2, 0.25) is 0 Å². The number of carboxylic acid groups (broad SMARTS) is 1. The molecule has 98 valence electrons. The number of nitrogens with two attached hydrogens (primary N) is 1. The largest absolute Gasteiger partial charge is 0.480 e. The molecule has 0 spiro atoms. The van der Waals surface area contributed by atoms with Crippen molar-refractivity contribution < 1.29 is 9.90 Å². The Balaban J connectivity index is 2.13. The van der Waals surface area contributed by atoms with Gasteiger partial charge in [0.15, 0.2) is 0 Å². The maximum Gasteiger partial charge on any atom is 0.321 e. The van der Waals surface area contributed by atoms with Gasteiger partial charge in [0.1, 0.15) is 11.9 Å². The topological polar surface area (TPSA) is 79.5 Å². The number of nitrogen functional groups attached to an aromatic ring is 1. The van der Waals surface area contributed by atoms with E-state index in [4.69, 9.17) is 5.73 Å². The van der Waals surface area contributed by atoms with Crippen LogP contribution >= 0.6 is 0 Å². The number of pyridine rings is 1. The van der Waals surface area contributed by atoms with E-state index in [1.54, 1.807) is 12.3 Å². The summed E-state index contributed by atoms with van der Waals surface area (Å²) in [7, 11) is 0. The van der Waals surface area contributed by atoms with Crippen molar-refractivity contribution in [3.8, 4) is 0 Å². The Labute approximate surface area is 107 Å². The third kappa shape index (κ3) is 2.79. The molecule has 0 bridgehead atoms. The van der Waals surface area contributed by atoms with Gasteiger partial charge in [-0.15, -0.1) is 0 Å². The van der Waals surface area contributed by atoms with Crippen molar-refractivity contribution >= 4 is 11.8 Å². The number of hydrogen-bond acceptors (Lipinski definition) is 4. The van der Waals surface area contributed by atoms with Crippen LogP contribution in [-0.4, -0.2) is 33.5 Å².